The molecule has 0 saturated heterocycles. The van der Waals surface area contributed by atoms with E-state index in [1.165, 1.54) is 11.8 Å². The molecule has 1 aromatic heterocycles. The Kier molecular flexibility index (Phi) is 4.29. The maximum atomic E-state index is 12.3. The van der Waals surface area contributed by atoms with Gasteiger partial charge in [-0.1, -0.05) is 0 Å². The Labute approximate surface area is 149 Å². The van der Waals surface area contributed by atoms with Crippen molar-refractivity contribution in [2.75, 3.05) is 5.32 Å². The molecule has 120 valence electrons. The summed E-state index contributed by atoms with van der Waals surface area (Å²) in [6.07, 6.45) is 3.88. The lowest BCUT2D eigenvalue weighted by atomic mass is 10.1. The molecule has 4 nitrogen and oxygen atoms in total. The van der Waals surface area contributed by atoms with E-state index in [2.05, 4.69) is 15.3 Å². The van der Waals surface area contributed by atoms with E-state index >= 15 is 0 Å². The molecule has 7 heteroatoms. The van der Waals surface area contributed by atoms with Gasteiger partial charge in [0.1, 0.15) is 4.33 Å². The summed E-state index contributed by atoms with van der Waals surface area (Å²) >= 11 is 13.6. The monoisotopic (exact) mass is 367 g/mol. The molecule has 0 bridgehead atoms. The number of carbonyl (C=O) groups is 1. The first-order valence-corrected chi connectivity index (χ1v) is 8.64. The fraction of sp³-hybridized carbons (Fsp3) is 0.312. The fourth-order valence-corrected chi connectivity index (χ4v) is 3.71. The molecule has 3 rings (SSSR count). The van der Waals surface area contributed by atoms with Crippen molar-refractivity contribution >= 4 is 46.6 Å². The van der Waals surface area contributed by atoms with Gasteiger partial charge in [0, 0.05) is 23.0 Å². The number of aryl methyl sites for hydroxylation is 1. The van der Waals surface area contributed by atoms with Crippen LogP contribution in [0, 0.1) is 12.3 Å². The van der Waals surface area contributed by atoms with Gasteiger partial charge in [0.2, 0.25) is 5.91 Å². The predicted octanol–water partition coefficient (Wildman–Crippen LogP) is 4.46. The van der Waals surface area contributed by atoms with E-state index in [-0.39, 0.29) is 5.91 Å². The van der Waals surface area contributed by atoms with Gasteiger partial charge < -0.3 is 5.32 Å². The summed E-state index contributed by atoms with van der Waals surface area (Å²) in [6, 6.07) is 7.56. The Morgan fingerprint density at radius 2 is 1.96 bits per heavy atom. The molecule has 0 spiro atoms. The van der Waals surface area contributed by atoms with E-state index < -0.39 is 9.75 Å². The molecule has 0 radical (unpaired) electrons. The molecule has 23 heavy (non-hydrogen) atoms. The number of nitrogens with zero attached hydrogens (tertiary/aromatic N) is 2. The number of anilines is 1. The number of rotatable bonds is 4. The molecule has 1 aromatic carbocycles. The predicted molar refractivity (Wildman–Crippen MR) is 93.1 cm³/mol. The molecule has 1 saturated carbocycles. The lowest BCUT2D eigenvalue weighted by Gasteiger charge is -2.14. The zero-order chi connectivity index (χ0) is 16.7. The van der Waals surface area contributed by atoms with E-state index in [0.29, 0.717) is 11.6 Å². The number of nitrogens with one attached hydrogen (secondary N) is 1. The number of hydrogen-bond donors (Lipinski definition) is 1. The van der Waals surface area contributed by atoms with Gasteiger partial charge in [0.05, 0.1) is 5.41 Å². The summed E-state index contributed by atoms with van der Waals surface area (Å²) in [5, 5.41) is 3.59. The van der Waals surface area contributed by atoms with Crippen LogP contribution in [0.3, 0.4) is 0 Å². The van der Waals surface area contributed by atoms with E-state index in [1.54, 1.807) is 25.4 Å². The zero-order valence-corrected chi connectivity index (χ0v) is 15.0. The van der Waals surface area contributed by atoms with Gasteiger partial charge in [-0.05, 0) is 61.9 Å². The highest BCUT2D eigenvalue weighted by Crippen LogP contribution is 2.64. The van der Waals surface area contributed by atoms with Crippen molar-refractivity contribution in [3.8, 4) is 0 Å². The SMILES string of the molecule is Cc1cc(Sc2ncccn2)ccc1NC(=O)C1(C)CC1(Cl)Cl. The highest BCUT2D eigenvalue weighted by molar-refractivity contribution is 7.99. The van der Waals surface area contributed by atoms with Crippen molar-refractivity contribution in [2.45, 2.75) is 34.7 Å². The first kappa shape index (κ1) is 16.6. The van der Waals surface area contributed by atoms with Crippen LogP contribution in [0.1, 0.15) is 18.9 Å². The molecule has 0 aliphatic heterocycles. The molecule has 1 amide bonds. The molecular formula is C16H15Cl2N3OS. The minimum absolute atomic E-state index is 0.155. The van der Waals surface area contributed by atoms with Crippen molar-refractivity contribution in [3.63, 3.8) is 0 Å². The standard InChI is InChI=1S/C16H15Cl2N3OS/c1-10-8-11(23-14-19-6-3-7-20-14)4-5-12(10)21-13(22)15(2)9-16(15,17)18/h3-8H,9H2,1-2H3,(H,21,22). The zero-order valence-electron chi connectivity index (χ0n) is 12.6. The second kappa shape index (κ2) is 5.96. The number of amides is 1. The third-order valence-electron chi connectivity index (χ3n) is 3.96. The Morgan fingerprint density at radius 1 is 1.30 bits per heavy atom. The quantitative estimate of drug-likeness (QED) is 0.640. The van der Waals surface area contributed by atoms with Crippen molar-refractivity contribution in [1.29, 1.82) is 0 Å². The van der Waals surface area contributed by atoms with Crippen LogP contribution in [0.2, 0.25) is 0 Å². The number of aromatic nitrogens is 2. The second-order valence-corrected chi connectivity index (χ2v) is 8.30. The maximum absolute atomic E-state index is 12.3. The van der Waals surface area contributed by atoms with Crippen molar-refractivity contribution in [1.82, 2.24) is 9.97 Å². The largest absolute Gasteiger partial charge is 0.325 e. The van der Waals surface area contributed by atoms with Crippen LogP contribution < -0.4 is 5.32 Å². The summed E-state index contributed by atoms with van der Waals surface area (Å²) in [5.74, 6) is -0.155. The van der Waals surface area contributed by atoms with Gasteiger partial charge >= 0.3 is 0 Å². The van der Waals surface area contributed by atoms with E-state index in [9.17, 15) is 4.79 Å². The first-order chi connectivity index (χ1) is 10.8. The van der Waals surface area contributed by atoms with Gasteiger partial charge in [-0.25, -0.2) is 9.97 Å². The Hall–Kier alpha value is -1.30. The van der Waals surface area contributed by atoms with Crippen molar-refractivity contribution < 1.29 is 4.79 Å². The minimum Gasteiger partial charge on any atom is -0.325 e. The maximum Gasteiger partial charge on any atom is 0.233 e. The first-order valence-electron chi connectivity index (χ1n) is 7.07. The van der Waals surface area contributed by atoms with Crippen LogP contribution in [0.5, 0.6) is 0 Å². The lowest BCUT2D eigenvalue weighted by Crippen LogP contribution is -2.26. The smallest absolute Gasteiger partial charge is 0.233 e. The topological polar surface area (TPSA) is 54.9 Å². The molecule has 1 unspecified atom stereocenters. The number of carbonyl (C=O) groups excluding carboxylic acids is 1. The Balaban J connectivity index is 1.72. The molecule has 1 atom stereocenters. The summed E-state index contributed by atoms with van der Waals surface area (Å²) in [4.78, 5) is 21.7. The summed E-state index contributed by atoms with van der Waals surface area (Å²) in [6.45, 7) is 3.71. The van der Waals surface area contributed by atoms with Crippen molar-refractivity contribution in [2.24, 2.45) is 5.41 Å². The van der Waals surface area contributed by atoms with Crippen LogP contribution in [0.25, 0.3) is 0 Å². The average molecular weight is 368 g/mol. The molecule has 1 N–H and O–H groups in total. The average Bonchev–Trinajstić information content (AvgIpc) is 3.03. The Bertz CT molecular complexity index is 754. The normalized spacial score (nSPS) is 21.7. The van der Waals surface area contributed by atoms with Gasteiger partial charge in [0.15, 0.2) is 5.16 Å². The highest BCUT2D eigenvalue weighted by Gasteiger charge is 2.67. The fourth-order valence-electron chi connectivity index (χ4n) is 2.19. The van der Waals surface area contributed by atoms with Crippen LogP contribution in [-0.4, -0.2) is 20.2 Å². The highest BCUT2D eigenvalue weighted by atomic mass is 35.5. The Morgan fingerprint density at radius 3 is 2.52 bits per heavy atom. The van der Waals surface area contributed by atoms with E-state index in [0.717, 1.165) is 16.1 Å². The third kappa shape index (κ3) is 3.32. The second-order valence-electron chi connectivity index (χ2n) is 5.78. The van der Waals surface area contributed by atoms with E-state index in [4.69, 9.17) is 23.2 Å². The lowest BCUT2D eigenvalue weighted by molar-refractivity contribution is -0.120. The summed E-state index contributed by atoms with van der Waals surface area (Å²) in [7, 11) is 0. The molecule has 2 aromatic rings. The van der Waals surface area contributed by atoms with Crippen LogP contribution >= 0.6 is 35.0 Å². The molecular weight excluding hydrogens is 353 g/mol. The molecule has 1 aliphatic carbocycles. The minimum atomic E-state index is -0.967. The number of alkyl halides is 2. The molecule has 1 heterocycles. The summed E-state index contributed by atoms with van der Waals surface area (Å²) < 4.78 is -0.967. The van der Waals surface area contributed by atoms with Gasteiger partial charge in [-0.2, -0.15) is 0 Å². The van der Waals surface area contributed by atoms with Gasteiger partial charge in [-0.3, -0.25) is 4.79 Å². The van der Waals surface area contributed by atoms with Gasteiger partial charge in [-0.15, -0.1) is 23.2 Å². The number of hydrogen-bond acceptors (Lipinski definition) is 4. The van der Waals surface area contributed by atoms with Crippen LogP contribution in [0.15, 0.2) is 46.7 Å². The van der Waals surface area contributed by atoms with Crippen LogP contribution in [-0.2, 0) is 4.79 Å². The third-order valence-corrected chi connectivity index (χ3v) is 5.94. The van der Waals surface area contributed by atoms with Gasteiger partial charge in [0.25, 0.3) is 0 Å². The summed E-state index contributed by atoms with van der Waals surface area (Å²) in [5.41, 5.74) is 0.984. The van der Waals surface area contributed by atoms with Crippen molar-refractivity contribution in [3.05, 3.63) is 42.2 Å². The number of benzene rings is 1. The molecule has 1 aliphatic rings. The van der Waals surface area contributed by atoms with E-state index in [1.807, 2.05) is 25.1 Å². The van der Waals surface area contributed by atoms with Crippen LogP contribution in [0.4, 0.5) is 5.69 Å². The molecule has 1 fully saturated rings. The number of halogens is 2.